The Labute approximate surface area is 130 Å². The first-order chi connectivity index (χ1) is 10.2. The van der Waals surface area contributed by atoms with Crippen LogP contribution in [0.25, 0.3) is 0 Å². The standard InChI is InChI=1S/C13H11ClN6S/c14-8-3-1-2-4-9(8)19-11-10(15)12(18-7-17-11)20-13-16-5-6-21-13/h1-7H,15H2,(H2,16,17,18,19,20). The molecule has 0 fully saturated rings. The third-order valence-electron chi connectivity index (χ3n) is 2.67. The van der Waals surface area contributed by atoms with E-state index >= 15 is 0 Å². The largest absolute Gasteiger partial charge is 0.393 e. The van der Waals surface area contributed by atoms with Gasteiger partial charge in [0.2, 0.25) is 0 Å². The van der Waals surface area contributed by atoms with Crippen molar-refractivity contribution in [3.05, 3.63) is 47.2 Å². The molecule has 0 saturated carbocycles. The Morgan fingerprint density at radius 3 is 2.52 bits per heavy atom. The minimum Gasteiger partial charge on any atom is -0.393 e. The molecule has 0 radical (unpaired) electrons. The highest BCUT2D eigenvalue weighted by Gasteiger charge is 2.10. The van der Waals surface area contributed by atoms with Gasteiger partial charge in [-0.1, -0.05) is 23.7 Å². The summed E-state index contributed by atoms with van der Waals surface area (Å²) in [5.41, 5.74) is 7.20. The van der Waals surface area contributed by atoms with Crippen molar-refractivity contribution in [1.29, 1.82) is 0 Å². The number of anilines is 5. The summed E-state index contributed by atoms with van der Waals surface area (Å²) in [4.78, 5) is 12.4. The number of nitrogens with two attached hydrogens (primary N) is 1. The average molecular weight is 319 g/mol. The Morgan fingerprint density at radius 1 is 1.05 bits per heavy atom. The molecule has 4 N–H and O–H groups in total. The molecule has 0 bridgehead atoms. The molecule has 2 heterocycles. The fourth-order valence-corrected chi connectivity index (χ4v) is 2.38. The summed E-state index contributed by atoms with van der Waals surface area (Å²) in [6.07, 6.45) is 3.12. The van der Waals surface area contributed by atoms with Crippen molar-refractivity contribution in [3.63, 3.8) is 0 Å². The summed E-state index contributed by atoms with van der Waals surface area (Å²) in [5.74, 6) is 0.978. The van der Waals surface area contributed by atoms with Gasteiger partial charge in [0.25, 0.3) is 0 Å². The van der Waals surface area contributed by atoms with Crippen LogP contribution in [0.3, 0.4) is 0 Å². The first-order valence-corrected chi connectivity index (χ1v) is 7.28. The van der Waals surface area contributed by atoms with Crippen LogP contribution in [0.5, 0.6) is 0 Å². The molecule has 1 aromatic carbocycles. The van der Waals surface area contributed by atoms with Crippen LogP contribution in [0.1, 0.15) is 0 Å². The second-order valence-corrected chi connectivity index (χ2v) is 5.35. The molecule has 0 atom stereocenters. The molecule has 0 saturated heterocycles. The van der Waals surface area contributed by atoms with Gasteiger partial charge in [0, 0.05) is 11.6 Å². The monoisotopic (exact) mass is 318 g/mol. The third kappa shape index (κ3) is 3.04. The van der Waals surface area contributed by atoms with Gasteiger partial charge >= 0.3 is 0 Å². The summed E-state index contributed by atoms with van der Waals surface area (Å²) in [7, 11) is 0. The zero-order valence-electron chi connectivity index (χ0n) is 10.7. The Hall–Kier alpha value is -2.38. The van der Waals surface area contributed by atoms with Crippen LogP contribution in [-0.4, -0.2) is 15.0 Å². The molecule has 0 unspecified atom stereocenters. The van der Waals surface area contributed by atoms with Crippen molar-refractivity contribution in [2.45, 2.75) is 0 Å². The molecule has 0 aliphatic heterocycles. The number of benzene rings is 1. The van der Waals surface area contributed by atoms with E-state index < -0.39 is 0 Å². The number of rotatable bonds is 4. The van der Waals surface area contributed by atoms with Crippen LogP contribution in [-0.2, 0) is 0 Å². The Kier molecular flexibility index (Phi) is 3.85. The van der Waals surface area contributed by atoms with Gasteiger partial charge in [-0.25, -0.2) is 15.0 Å². The van der Waals surface area contributed by atoms with Crippen molar-refractivity contribution >= 4 is 51.1 Å². The number of para-hydroxylation sites is 1. The normalized spacial score (nSPS) is 10.3. The second kappa shape index (κ2) is 5.94. The molecular formula is C13H11ClN6S. The van der Waals surface area contributed by atoms with E-state index in [1.165, 1.54) is 17.7 Å². The highest BCUT2D eigenvalue weighted by Crippen LogP contribution is 2.30. The van der Waals surface area contributed by atoms with Gasteiger partial charge in [-0.05, 0) is 12.1 Å². The summed E-state index contributed by atoms with van der Waals surface area (Å²) in [6, 6.07) is 7.36. The van der Waals surface area contributed by atoms with E-state index in [9.17, 15) is 0 Å². The van der Waals surface area contributed by atoms with Gasteiger partial charge < -0.3 is 16.4 Å². The van der Waals surface area contributed by atoms with E-state index in [1.54, 1.807) is 12.3 Å². The zero-order chi connectivity index (χ0) is 14.7. The van der Waals surface area contributed by atoms with E-state index in [-0.39, 0.29) is 0 Å². The molecule has 0 amide bonds. The highest BCUT2D eigenvalue weighted by atomic mass is 35.5. The molecule has 6 nitrogen and oxygen atoms in total. The summed E-state index contributed by atoms with van der Waals surface area (Å²) in [5, 5.41) is 9.31. The van der Waals surface area contributed by atoms with Gasteiger partial charge in [0.05, 0.1) is 10.7 Å². The van der Waals surface area contributed by atoms with Crippen LogP contribution in [0.15, 0.2) is 42.2 Å². The Balaban J connectivity index is 1.88. The molecule has 2 aromatic heterocycles. The molecule has 3 rings (SSSR count). The predicted molar refractivity (Wildman–Crippen MR) is 86.6 cm³/mol. The highest BCUT2D eigenvalue weighted by molar-refractivity contribution is 7.13. The minimum atomic E-state index is 0.396. The molecule has 8 heteroatoms. The number of hydrogen-bond donors (Lipinski definition) is 3. The van der Waals surface area contributed by atoms with E-state index in [0.29, 0.717) is 27.5 Å². The molecule has 0 aliphatic carbocycles. The summed E-state index contributed by atoms with van der Waals surface area (Å²) in [6.45, 7) is 0. The smallest absolute Gasteiger partial charge is 0.188 e. The summed E-state index contributed by atoms with van der Waals surface area (Å²) >= 11 is 7.57. The van der Waals surface area contributed by atoms with Crippen molar-refractivity contribution in [3.8, 4) is 0 Å². The van der Waals surface area contributed by atoms with Crippen LogP contribution in [0.2, 0.25) is 5.02 Å². The fraction of sp³-hybridized carbons (Fsp3) is 0. The zero-order valence-corrected chi connectivity index (χ0v) is 12.3. The first kappa shape index (κ1) is 13.6. The fourth-order valence-electron chi connectivity index (χ4n) is 1.67. The van der Waals surface area contributed by atoms with Crippen molar-refractivity contribution in [1.82, 2.24) is 15.0 Å². The van der Waals surface area contributed by atoms with Crippen LogP contribution in [0.4, 0.5) is 28.1 Å². The molecule has 21 heavy (non-hydrogen) atoms. The van der Waals surface area contributed by atoms with E-state index in [4.69, 9.17) is 17.3 Å². The Morgan fingerprint density at radius 2 is 1.81 bits per heavy atom. The first-order valence-electron chi connectivity index (χ1n) is 6.02. The van der Waals surface area contributed by atoms with Gasteiger partial charge in [-0.2, -0.15) is 0 Å². The SMILES string of the molecule is Nc1c(Nc2nccs2)ncnc1Nc1ccccc1Cl. The minimum absolute atomic E-state index is 0.396. The van der Waals surface area contributed by atoms with E-state index in [1.807, 2.05) is 23.6 Å². The number of nitrogen functional groups attached to an aromatic ring is 1. The second-order valence-electron chi connectivity index (χ2n) is 4.05. The van der Waals surface area contributed by atoms with Crippen LogP contribution < -0.4 is 16.4 Å². The maximum atomic E-state index is 6.11. The number of aromatic nitrogens is 3. The molecule has 0 aliphatic rings. The van der Waals surface area contributed by atoms with Gasteiger partial charge in [0.1, 0.15) is 12.0 Å². The third-order valence-corrected chi connectivity index (χ3v) is 3.69. The molecule has 0 spiro atoms. The summed E-state index contributed by atoms with van der Waals surface area (Å²) < 4.78 is 0. The number of halogens is 1. The predicted octanol–water partition coefficient (Wildman–Crippen LogP) is 3.66. The Bertz CT molecular complexity index is 746. The average Bonchev–Trinajstić information content (AvgIpc) is 2.98. The lowest BCUT2D eigenvalue weighted by Gasteiger charge is -2.12. The quantitative estimate of drug-likeness (QED) is 0.680. The van der Waals surface area contributed by atoms with Crippen LogP contribution >= 0.6 is 22.9 Å². The number of nitrogens with zero attached hydrogens (tertiary/aromatic N) is 3. The lowest BCUT2D eigenvalue weighted by molar-refractivity contribution is 1.17. The maximum Gasteiger partial charge on any atom is 0.188 e. The molecule has 3 aromatic rings. The number of hydrogen-bond acceptors (Lipinski definition) is 7. The lowest BCUT2D eigenvalue weighted by atomic mass is 10.3. The topological polar surface area (TPSA) is 88.8 Å². The van der Waals surface area contributed by atoms with E-state index in [0.717, 1.165) is 5.69 Å². The van der Waals surface area contributed by atoms with E-state index in [2.05, 4.69) is 25.6 Å². The molecule has 106 valence electrons. The molecular weight excluding hydrogens is 308 g/mol. The van der Waals surface area contributed by atoms with Gasteiger partial charge in [0.15, 0.2) is 16.8 Å². The van der Waals surface area contributed by atoms with Crippen molar-refractivity contribution in [2.24, 2.45) is 0 Å². The maximum absolute atomic E-state index is 6.11. The van der Waals surface area contributed by atoms with Gasteiger partial charge in [-0.15, -0.1) is 11.3 Å². The number of thiazole rings is 1. The van der Waals surface area contributed by atoms with Crippen LogP contribution in [0, 0.1) is 0 Å². The van der Waals surface area contributed by atoms with Gasteiger partial charge in [-0.3, -0.25) is 0 Å². The lowest BCUT2D eigenvalue weighted by Crippen LogP contribution is -2.05. The van der Waals surface area contributed by atoms with Crippen molar-refractivity contribution in [2.75, 3.05) is 16.4 Å². The number of nitrogens with one attached hydrogen (secondary N) is 2. The van der Waals surface area contributed by atoms with Crippen molar-refractivity contribution < 1.29 is 0 Å².